The molecule has 4 N–H and O–H groups in total. The summed E-state index contributed by atoms with van der Waals surface area (Å²) in [5.74, 6) is 0.259. The van der Waals surface area contributed by atoms with Gasteiger partial charge in [-0.15, -0.1) is 11.3 Å². The third-order valence-corrected chi connectivity index (χ3v) is 4.31. The fraction of sp³-hybridized carbons (Fsp3) is 0.200. The Morgan fingerprint density at radius 1 is 1.39 bits per heavy atom. The van der Waals surface area contributed by atoms with Crippen LogP contribution >= 0.6 is 22.9 Å². The van der Waals surface area contributed by atoms with Crippen LogP contribution in [0.25, 0.3) is 0 Å². The van der Waals surface area contributed by atoms with E-state index in [-0.39, 0.29) is 12.3 Å². The Bertz CT molecular complexity index is 691. The van der Waals surface area contributed by atoms with Gasteiger partial charge in [0.05, 0.1) is 24.6 Å². The molecule has 1 heterocycles. The Hall–Kier alpha value is -2.25. The van der Waals surface area contributed by atoms with E-state index in [0.29, 0.717) is 16.5 Å². The highest BCUT2D eigenvalue weighted by Crippen LogP contribution is 2.28. The van der Waals surface area contributed by atoms with E-state index in [4.69, 9.17) is 22.1 Å². The second-order valence-corrected chi connectivity index (χ2v) is 6.06. The van der Waals surface area contributed by atoms with Crippen molar-refractivity contribution >= 4 is 40.6 Å². The highest BCUT2D eigenvalue weighted by Gasteiger charge is 2.18. The molecule has 1 unspecified atom stereocenters. The van der Waals surface area contributed by atoms with Crippen molar-refractivity contribution in [1.82, 2.24) is 5.32 Å². The molecule has 0 fully saturated rings. The number of nitrogens with two attached hydrogens (primary N) is 1. The summed E-state index contributed by atoms with van der Waals surface area (Å²) < 4.78 is 5.06. The number of urea groups is 1. The fourth-order valence-electron chi connectivity index (χ4n) is 2.03. The van der Waals surface area contributed by atoms with Crippen molar-refractivity contribution in [1.29, 1.82) is 0 Å². The number of thiophene rings is 1. The van der Waals surface area contributed by atoms with Gasteiger partial charge in [-0.1, -0.05) is 17.7 Å². The molecule has 0 aliphatic heterocycles. The van der Waals surface area contributed by atoms with E-state index in [1.165, 1.54) is 18.4 Å². The van der Waals surface area contributed by atoms with Crippen LogP contribution in [-0.4, -0.2) is 19.0 Å². The molecule has 6 nitrogen and oxygen atoms in total. The van der Waals surface area contributed by atoms with E-state index in [1.807, 2.05) is 17.5 Å². The molecule has 122 valence electrons. The van der Waals surface area contributed by atoms with E-state index >= 15 is 0 Å². The Morgan fingerprint density at radius 3 is 2.74 bits per heavy atom. The van der Waals surface area contributed by atoms with Crippen molar-refractivity contribution in [2.45, 2.75) is 12.5 Å². The minimum absolute atomic E-state index is 0.0626. The molecule has 0 radical (unpaired) electrons. The summed E-state index contributed by atoms with van der Waals surface area (Å²) in [6.45, 7) is 0. The van der Waals surface area contributed by atoms with Gasteiger partial charge in [0.15, 0.2) is 0 Å². The molecule has 1 aromatic carbocycles. The molecule has 0 saturated carbocycles. The van der Waals surface area contributed by atoms with Crippen LogP contribution in [0.4, 0.5) is 10.5 Å². The first-order chi connectivity index (χ1) is 11.0. The molecule has 2 aromatic rings. The Kier molecular flexibility index (Phi) is 5.84. The number of hydrogen-bond acceptors (Lipinski definition) is 4. The van der Waals surface area contributed by atoms with Gasteiger partial charge in [0.2, 0.25) is 5.91 Å². The summed E-state index contributed by atoms with van der Waals surface area (Å²) in [5, 5.41) is 7.57. The van der Waals surface area contributed by atoms with Crippen LogP contribution < -0.4 is 21.1 Å². The van der Waals surface area contributed by atoms with Crippen LogP contribution in [0.5, 0.6) is 5.75 Å². The maximum Gasteiger partial charge on any atom is 0.312 e. The minimum atomic E-state index is -0.677. The lowest BCUT2D eigenvalue weighted by Gasteiger charge is -2.16. The molecule has 0 bridgehead atoms. The number of ether oxygens (including phenoxy) is 1. The van der Waals surface area contributed by atoms with Crippen molar-refractivity contribution < 1.29 is 14.3 Å². The van der Waals surface area contributed by atoms with Crippen LogP contribution in [0.1, 0.15) is 17.3 Å². The molecule has 0 saturated heterocycles. The molecule has 23 heavy (non-hydrogen) atoms. The normalized spacial score (nSPS) is 11.6. The van der Waals surface area contributed by atoms with Crippen molar-refractivity contribution in [3.63, 3.8) is 0 Å². The molecular weight excluding hydrogens is 338 g/mol. The molecule has 0 aliphatic carbocycles. The number of methoxy groups -OCH3 is 1. The number of benzene rings is 1. The average molecular weight is 354 g/mol. The predicted octanol–water partition coefficient (Wildman–Crippen LogP) is 3.15. The number of hydrogen-bond donors (Lipinski definition) is 3. The zero-order chi connectivity index (χ0) is 16.8. The van der Waals surface area contributed by atoms with Crippen LogP contribution in [-0.2, 0) is 4.79 Å². The van der Waals surface area contributed by atoms with Gasteiger partial charge in [-0.05, 0) is 29.6 Å². The Labute approximate surface area is 142 Å². The van der Waals surface area contributed by atoms with Gasteiger partial charge in [-0.3, -0.25) is 4.79 Å². The van der Waals surface area contributed by atoms with Gasteiger partial charge in [0.25, 0.3) is 0 Å². The highest BCUT2D eigenvalue weighted by molar-refractivity contribution is 7.10. The quantitative estimate of drug-likeness (QED) is 0.744. The van der Waals surface area contributed by atoms with E-state index < -0.39 is 12.1 Å². The smallest absolute Gasteiger partial charge is 0.312 e. The van der Waals surface area contributed by atoms with Gasteiger partial charge in [-0.2, -0.15) is 0 Å². The second kappa shape index (κ2) is 7.85. The summed E-state index contributed by atoms with van der Waals surface area (Å²) in [5.41, 5.74) is 5.72. The maximum atomic E-state index is 12.2. The number of carbonyl (C=O) groups is 2. The maximum absolute atomic E-state index is 12.2. The summed E-state index contributed by atoms with van der Waals surface area (Å²) in [6.07, 6.45) is 0.0626. The molecule has 3 amide bonds. The standard InChI is InChI=1S/C15H16ClN3O3S/c1-22-12-5-4-9(7-10(12)16)18-14(20)8-11(19-15(17)21)13-3-2-6-23-13/h2-7,11H,8H2,1H3,(H,18,20)(H3,17,19,21). The van der Waals surface area contributed by atoms with Crippen LogP contribution in [0, 0.1) is 0 Å². The third-order valence-electron chi connectivity index (χ3n) is 3.03. The molecule has 0 aliphatic rings. The summed E-state index contributed by atoms with van der Waals surface area (Å²) in [4.78, 5) is 24.2. The fourth-order valence-corrected chi connectivity index (χ4v) is 3.06. The first kappa shape index (κ1) is 17.1. The second-order valence-electron chi connectivity index (χ2n) is 4.68. The molecular formula is C15H16ClN3O3S. The van der Waals surface area contributed by atoms with Crippen LogP contribution in [0.2, 0.25) is 5.02 Å². The van der Waals surface area contributed by atoms with E-state index in [9.17, 15) is 9.59 Å². The van der Waals surface area contributed by atoms with Gasteiger partial charge < -0.3 is 21.1 Å². The largest absolute Gasteiger partial charge is 0.495 e. The Morgan fingerprint density at radius 2 is 2.17 bits per heavy atom. The average Bonchev–Trinajstić information content (AvgIpc) is 3.00. The first-order valence-corrected chi connectivity index (χ1v) is 7.98. The monoisotopic (exact) mass is 353 g/mol. The van der Waals surface area contributed by atoms with Gasteiger partial charge >= 0.3 is 6.03 Å². The highest BCUT2D eigenvalue weighted by atomic mass is 35.5. The van der Waals surface area contributed by atoms with E-state index in [0.717, 1.165) is 4.88 Å². The number of anilines is 1. The lowest BCUT2D eigenvalue weighted by atomic mass is 10.1. The topological polar surface area (TPSA) is 93.4 Å². The van der Waals surface area contributed by atoms with Gasteiger partial charge in [0.1, 0.15) is 5.75 Å². The third kappa shape index (κ3) is 4.87. The van der Waals surface area contributed by atoms with E-state index in [1.54, 1.807) is 18.2 Å². The lowest BCUT2D eigenvalue weighted by Crippen LogP contribution is -2.34. The zero-order valence-electron chi connectivity index (χ0n) is 12.3. The number of carbonyl (C=O) groups excluding carboxylic acids is 2. The van der Waals surface area contributed by atoms with Gasteiger partial charge in [-0.25, -0.2) is 4.79 Å². The van der Waals surface area contributed by atoms with Crippen molar-refractivity contribution in [3.8, 4) is 5.75 Å². The van der Waals surface area contributed by atoms with Crippen molar-refractivity contribution in [2.75, 3.05) is 12.4 Å². The molecule has 1 atom stereocenters. The summed E-state index contributed by atoms with van der Waals surface area (Å²) in [6, 6.07) is 7.48. The van der Waals surface area contributed by atoms with Crippen molar-refractivity contribution in [2.24, 2.45) is 5.73 Å². The molecule has 0 spiro atoms. The Balaban J connectivity index is 2.04. The van der Waals surface area contributed by atoms with E-state index in [2.05, 4.69) is 10.6 Å². The number of amides is 3. The lowest BCUT2D eigenvalue weighted by molar-refractivity contribution is -0.116. The number of halogens is 1. The number of primary amides is 1. The predicted molar refractivity (Wildman–Crippen MR) is 91.0 cm³/mol. The van der Waals surface area contributed by atoms with Gasteiger partial charge in [0, 0.05) is 10.6 Å². The van der Waals surface area contributed by atoms with Crippen molar-refractivity contribution in [3.05, 3.63) is 45.6 Å². The van der Waals surface area contributed by atoms with Crippen LogP contribution in [0.15, 0.2) is 35.7 Å². The molecule has 8 heteroatoms. The minimum Gasteiger partial charge on any atom is -0.495 e. The van der Waals surface area contributed by atoms with Crippen LogP contribution in [0.3, 0.4) is 0 Å². The summed E-state index contributed by atoms with van der Waals surface area (Å²) in [7, 11) is 1.51. The number of nitrogens with one attached hydrogen (secondary N) is 2. The summed E-state index contributed by atoms with van der Waals surface area (Å²) >= 11 is 7.46. The SMILES string of the molecule is COc1ccc(NC(=O)CC(NC(N)=O)c2cccs2)cc1Cl. The molecule has 2 rings (SSSR count). The number of rotatable bonds is 6. The first-order valence-electron chi connectivity index (χ1n) is 6.72. The molecule has 1 aromatic heterocycles. The zero-order valence-corrected chi connectivity index (χ0v) is 13.9.